The summed E-state index contributed by atoms with van der Waals surface area (Å²) >= 11 is 0. The van der Waals surface area contributed by atoms with Crippen molar-refractivity contribution in [2.75, 3.05) is 31.3 Å². The van der Waals surface area contributed by atoms with Gasteiger partial charge < -0.3 is 14.8 Å². The van der Waals surface area contributed by atoms with Crippen LogP contribution in [0.1, 0.15) is 29.3 Å². The van der Waals surface area contributed by atoms with Gasteiger partial charge in [0, 0.05) is 18.2 Å². The number of anilines is 1. The number of hydrogen-bond donors (Lipinski definition) is 1. The van der Waals surface area contributed by atoms with Gasteiger partial charge >= 0.3 is 0 Å². The topological polar surface area (TPSA) is 84.9 Å². The predicted octanol–water partition coefficient (Wildman–Crippen LogP) is 2.95. The van der Waals surface area contributed by atoms with Gasteiger partial charge in [0.25, 0.3) is 5.91 Å². The first kappa shape index (κ1) is 22.5. The minimum atomic E-state index is -3.86. The summed E-state index contributed by atoms with van der Waals surface area (Å²) < 4.78 is 50.9. The van der Waals surface area contributed by atoms with Crippen molar-refractivity contribution in [1.82, 2.24) is 5.32 Å². The van der Waals surface area contributed by atoms with Crippen molar-refractivity contribution >= 4 is 21.6 Å². The van der Waals surface area contributed by atoms with Crippen molar-refractivity contribution in [3.8, 4) is 11.5 Å². The molecule has 1 N–H and O–H groups in total. The lowest BCUT2D eigenvalue weighted by molar-refractivity contribution is 0.0954. The molecule has 29 heavy (non-hydrogen) atoms. The van der Waals surface area contributed by atoms with E-state index in [-0.39, 0.29) is 34.9 Å². The largest absolute Gasteiger partial charge is 0.493 e. The smallest absolute Gasteiger partial charge is 0.253 e. The van der Waals surface area contributed by atoms with E-state index in [4.69, 9.17) is 9.47 Å². The standard InChI is InChI=1S/C20H25FN2O5S/c1-5-10-22-20(24)15-11-18(27-2)19(28-3)12-17(15)23(29(4,25)26)13-14-8-6-7-9-16(14)21/h6-9,11-12H,5,10,13H2,1-4H3,(H,22,24). The molecular formula is C20H25FN2O5S. The number of carbonyl (C=O) groups is 1. The molecule has 1 amide bonds. The quantitative estimate of drug-likeness (QED) is 0.669. The number of nitrogens with zero attached hydrogens (tertiary/aromatic N) is 1. The Labute approximate surface area is 170 Å². The summed E-state index contributed by atoms with van der Waals surface area (Å²) in [5.41, 5.74) is 0.326. The Morgan fingerprint density at radius 2 is 1.76 bits per heavy atom. The molecule has 0 atom stereocenters. The van der Waals surface area contributed by atoms with Crippen molar-refractivity contribution < 1.29 is 27.1 Å². The molecular weight excluding hydrogens is 399 g/mol. The summed E-state index contributed by atoms with van der Waals surface area (Å²) in [4.78, 5) is 12.7. The van der Waals surface area contributed by atoms with Gasteiger partial charge in [-0.15, -0.1) is 0 Å². The van der Waals surface area contributed by atoms with Gasteiger partial charge in [0.2, 0.25) is 10.0 Å². The first-order valence-corrected chi connectivity index (χ1v) is 10.8. The Bertz CT molecular complexity index is 979. The summed E-state index contributed by atoms with van der Waals surface area (Å²) in [6.07, 6.45) is 1.71. The molecule has 2 aromatic rings. The van der Waals surface area contributed by atoms with Crippen molar-refractivity contribution in [2.24, 2.45) is 0 Å². The zero-order valence-electron chi connectivity index (χ0n) is 16.9. The maximum atomic E-state index is 14.2. The average Bonchev–Trinajstić information content (AvgIpc) is 2.69. The number of benzene rings is 2. The molecule has 0 fully saturated rings. The summed E-state index contributed by atoms with van der Waals surface area (Å²) in [7, 11) is -1.05. The zero-order valence-corrected chi connectivity index (χ0v) is 17.7. The van der Waals surface area contributed by atoms with Crippen LogP contribution in [0.2, 0.25) is 0 Å². The highest BCUT2D eigenvalue weighted by molar-refractivity contribution is 7.92. The molecule has 0 aliphatic rings. The fraction of sp³-hybridized carbons (Fsp3) is 0.350. The molecule has 2 aromatic carbocycles. The van der Waals surface area contributed by atoms with E-state index in [0.717, 1.165) is 10.6 Å². The summed E-state index contributed by atoms with van der Waals surface area (Å²) in [6.45, 7) is 2.03. The van der Waals surface area contributed by atoms with Crippen LogP contribution in [0.5, 0.6) is 11.5 Å². The van der Waals surface area contributed by atoms with Crippen LogP contribution in [0.4, 0.5) is 10.1 Å². The van der Waals surface area contributed by atoms with Crippen molar-refractivity contribution in [1.29, 1.82) is 0 Å². The summed E-state index contributed by atoms with van der Waals surface area (Å²) in [5, 5.41) is 2.73. The van der Waals surface area contributed by atoms with Crippen LogP contribution in [0.25, 0.3) is 0 Å². The fourth-order valence-corrected chi connectivity index (χ4v) is 3.63. The molecule has 0 unspecified atom stereocenters. The first-order chi connectivity index (χ1) is 13.7. The van der Waals surface area contributed by atoms with E-state index in [2.05, 4.69) is 5.32 Å². The van der Waals surface area contributed by atoms with Gasteiger partial charge in [-0.1, -0.05) is 25.1 Å². The summed E-state index contributed by atoms with van der Waals surface area (Å²) in [5.74, 6) is -0.488. The monoisotopic (exact) mass is 424 g/mol. The van der Waals surface area contributed by atoms with Crippen LogP contribution in [0.15, 0.2) is 36.4 Å². The number of sulfonamides is 1. The van der Waals surface area contributed by atoms with E-state index < -0.39 is 21.7 Å². The highest BCUT2D eigenvalue weighted by atomic mass is 32.2. The number of nitrogens with one attached hydrogen (secondary N) is 1. The van der Waals surface area contributed by atoms with Crippen LogP contribution in [-0.2, 0) is 16.6 Å². The molecule has 0 spiro atoms. The maximum absolute atomic E-state index is 14.2. The third-order valence-corrected chi connectivity index (χ3v) is 5.35. The molecule has 7 nitrogen and oxygen atoms in total. The van der Waals surface area contributed by atoms with Crippen molar-refractivity contribution in [2.45, 2.75) is 19.9 Å². The molecule has 158 valence electrons. The molecule has 0 saturated heterocycles. The molecule has 0 aromatic heterocycles. The average molecular weight is 424 g/mol. The van der Waals surface area contributed by atoms with E-state index in [0.29, 0.717) is 13.0 Å². The number of carbonyl (C=O) groups excluding carboxylic acids is 1. The van der Waals surface area contributed by atoms with Gasteiger partial charge in [-0.05, 0) is 18.6 Å². The molecule has 0 radical (unpaired) electrons. The van der Waals surface area contributed by atoms with Crippen LogP contribution < -0.4 is 19.1 Å². The Hall–Kier alpha value is -2.81. The Kier molecular flexibility index (Phi) is 7.44. The predicted molar refractivity (Wildman–Crippen MR) is 110 cm³/mol. The number of halogens is 1. The second kappa shape index (κ2) is 9.60. The Morgan fingerprint density at radius 3 is 2.31 bits per heavy atom. The van der Waals surface area contributed by atoms with E-state index >= 15 is 0 Å². The molecule has 9 heteroatoms. The highest BCUT2D eigenvalue weighted by Crippen LogP contribution is 2.37. The van der Waals surface area contributed by atoms with Crippen LogP contribution in [0, 0.1) is 5.82 Å². The van der Waals surface area contributed by atoms with Gasteiger partial charge in [-0.3, -0.25) is 9.10 Å². The lowest BCUT2D eigenvalue weighted by Crippen LogP contribution is -2.33. The minimum absolute atomic E-state index is 0.0713. The lowest BCUT2D eigenvalue weighted by Gasteiger charge is -2.26. The zero-order chi connectivity index (χ0) is 21.6. The van der Waals surface area contributed by atoms with E-state index in [1.165, 1.54) is 44.6 Å². The Balaban J connectivity index is 2.67. The lowest BCUT2D eigenvalue weighted by atomic mass is 10.1. The third kappa shape index (κ3) is 5.38. The highest BCUT2D eigenvalue weighted by Gasteiger charge is 2.27. The fourth-order valence-electron chi connectivity index (χ4n) is 2.75. The van der Waals surface area contributed by atoms with Gasteiger partial charge in [-0.25, -0.2) is 12.8 Å². The van der Waals surface area contributed by atoms with Crippen LogP contribution in [0.3, 0.4) is 0 Å². The second-order valence-corrected chi connectivity index (χ2v) is 8.25. The Morgan fingerprint density at radius 1 is 1.14 bits per heavy atom. The number of ether oxygens (including phenoxy) is 2. The second-order valence-electron chi connectivity index (χ2n) is 6.34. The van der Waals surface area contributed by atoms with Gasteiger partial charge in [0.15, 0.2) is 11.5 Å². The molecule has 0 aliphatic carbocycles. The third-order valence-electron chi connectivity index (χ3n) is 4.22. The normalized spacial score (nSPS) is 11.1. The van der Waals surface area contributed by atoms with Crippen molar-refractivity contribution in [3.05, 3.63) is 53.3 Å². The van der Waals surface area contributed by atoms with E-state index in [9.17, 15) is 17.6 Å². The van der Waals surface area contributed by atoms with E-state index in [1.54, 1.807) is 6.07 Å². The molecule has 0 saturated carbocycles. The van der Waals surface area contributed by atoms with Crippen molar-refractivity contribution in [3.63, 3.8) is 0 Å². The number of methoxy groups -OCH3 is 2. The number of rotatable bonds is 9. The SMILES string of the molecule is CCCNC(=O)c1cc(OC)c(OC)cc1N(Cc1ccccc1F)S(C)(=O)=O. The minimum Gasteiger partial charge on any atom is -0.493 e. The molecule has 0 heterocycles. The van der Waals surface area contributed by atoms with Crippen LogP contribution in [-0.4, -0.2) is 41.3 Å². The number of hydrogen-bond acceptors (Lipinski definition) is 5. The van der Waals surface area contributed by atoms with Gasteiger partial charge in [0.05, 0.1) is 38.3 Å². The maximum Gasteiger partial charge on any atom is 0.253 e. The van der Waals surface area contributed by atoms with E-state index in [1.807, 2.05) is 6.92 Å². The molecule has 0 aliphatic heterocycles. The summed E-state index contributed by atoms with van der Waals surface area (Å²) in [6, 6.07) is 8.69. The number of amides is 1. The molecule has 0 bridgehead atoms. The first-order valence-electron chi connectivity index (χ1n) is 8.98. The van der Waals surface area contributed by atoms with Gasteiger partial charge in [-0.2, -0.15) is 0 Å². The van der Waals surface area contributed by atoms with Crippen LogP contribution >= 0.6 is 0 Å². The van der Waals surface area contributed by atoms with Gasteiger partial charge in [0.1, 0.15) is 5.82 Å². The molecule has 2 rings (SSSR count).